The van der Waals surface area contributed by atoms with Crippen LogP contribution in [0.3, 0.4) is 0 Å². The molecule has 0 bridgehead atoms. The molecule has 3 nitrogen and oxygen atoms in total. The van der Waals surface area contributed by atoms with Gasteiger partial charge in [0.2, 0.25) is 0 Å². The molecule has 0 spiro atoms. The van der Waals surface area contributed by atoms with Gasteiger partial charge in [-0.05, 0) is 24.7 Å². The smallest absolute Gasteiger partial charge is 0.0952 e. The molecule has 1 saturated heterocycles. The van der Waals surface area contributed by atoms with Crippen LogP contribution < -0.4 is 5.73 Å². The van der Waals surface area contributed by atoms with Crippen LogP contribution in [-0.2, 0) is 4.74 Å². The minimum Gasteiger partial charge on any atom is -0.389 e. The van der Waals surface area contributed by atoms with Crippen molar-refractivity contribution in [3.05, 3.63) is 0 Å². The summed E-state index contributed by atoms with van der Waals surface area (Å²) < 4.78 is 5.61. The van der Waals surface area contributed by atoms with Crippen LogP contribution in [0.15, 0.2) is 0 Å². The van der Waals surface area contributed by atoms with Gasteiger partial charge in [-0.2, -0.15) is 0 Å². The van der Waals surface area contributed by atoms with Gasteiger partial charge in [0, 0.05) is 12.6 Å². The van der Waals surface area contributed by atoms with Crippen LogP contribution in [0.5, 0.6) is 0 Å². The van der Waals surface area contributed by atoms with Gasteiger partial charge < -0.3 is 15.6 Å². The van der Waals surface area contributed by atoms with Gasteiger partial charge in [0.15, 0.2) is 0 Å². The van der Waals surface area contributed by atoms with Gasteiger partial charge in [-0.3, -0.25) is 0 Å². The second-order valence-corrected chi connectivity index (χ2v) is 6.11. The maximum atomic E-state index is 10.2. The fourth-order valence-corrected chi connectivity index (χ4v) is 3.28. The molecule has 1 unspecified atom stereocenters. The minimum absolute atomic E-state index is 0.0245. The van der Waals surface area contributed by atoms with E-state index in [4.69, 9.17) is 10.5 Å². The number of hydrogen-bond acceptors (Lipinski definition) is 3. The molecule has 0 aromatic carbocycles. The van der Waals surface area contributed by atoms with Gasteiger partial charge in [-0.15, -0.1) is 0 Å². The summed E-state index contributed by atoms with van der Waals surface area (Å²) in [4.78, 5) is 0. The van der Waals surface area contributed by atoms with Crippen molar-refractivity contribution in [1.29, 1.82) is 0 Å². The molecular formula is C14H27NO2. The van der Waals surface area contributed by atoms with Crippen LogP contribution >= 0.6 is 0 Å². The van der Waals surface area contributed by atoms with E-state index >= 15 is 0 Å². The highest BCUT2D eigenvalue weighted by atomic mass is 16.5. The standard InChI is InChI=1S/C14H27NO2/c1-10-7-13(17-9-10)14(16)12(15)8-11-5-3-2-4-6-11/h10-14,16H,2-9,15H2,1H3/t10-,12-,13-,14?/m0/s1. The van der Waals surface area contributed by atoms with Gasteiger partial charge in [-0.1, -0.05) is 39.0 Å². The van der Waals surface area contributed by atoms with E-state index in [1.165, 1.54) is 32.1 Å². The quantitative estimate of drug-likeness (QED) is 0.792. The van der Waals surface area contributed by atoms with Crippen LogP contribution in [0.4, 0.5) is 0 Å². The van der Waals surface area contributed by atoms with Crippen LogP contribution in [0.1, 0.15) is 51.9 Å². The summed E-state index contributed by atoms with van der Waals surface area (Å²) in [5, 5.41) is 10.2. The summed E-state index contributed by atoms with van der Waals surface area (Å²) in [5.41, 5.74) is 6.14. The Morgan fingerprint density at radius 2 is 2.00 bits per heavy atom. The number of nitrogens with two attached hydrogens (primary N) is 1. The Bertz CT molecular complexity index is 228. The highest BCUT2D eigenvalue weighted by Crippen LogP contribution is 2.29. The van der Waals surface area contributed by atoms with Crippen LogP contribution in [0.2, 0.25) is 0 Å². The van der Waals surface area contributed by atoms with Gasteiger partial charge in [0.05, 0.1) is 12.2 Å². The minimum atomic E-state index is -0.470. The Hall–Kier alpha value is -0.120. The molecule has 3 N–H and O–H groups in total. The zero-order valence-corrected chi connectivity index (χ0v) is 11.0. The maximum Gasteiger partial charge on any atom is 0.0952 e. The van der Waals surface area contributed by atoms with Gasteiger partial charge in [-0.25, -0.2) is 0 Å². The molecule has 1 heterocycles. The summed E-state index contributed by atoms with van der Waals surface area (Å²) in [5.74, 6) is 1.30. The molecule has 1 aliphatic heterocycles. The Morgan fingerprint density at radius 3 is 2.59 bits per heavy atom. The average molecular weight is 241 g/mol. The van der Waals surface area contributed by atoms with E-state index in [1.54, 1.807) is 0 Å². The molecule has 0 aromatic heterocycles. The van der Waals surface area contributed by atoms with Crippen molar-refractivity contribution in [2.45, 2.75) is 70.1 Å². The summed E-state index contributed by atoms with van der Waals surface area (Å²) in [7, 11) is 0. The third-order valence-corrected chi connectivity index (χ3v) is 4.38. The number of aliphatic hydroxyl groups excluding tert-OH is 1. The van der Waals surface area contributed by atoms with Gasteiger partial charge >= 0.3 is 0 Å². The predicted octanol–water partition coefficient (Wildman–Crippen LogP) is 2.07. The molecule has 17 heavy (non-hydrogen) atoms. The highest BCUT2D eigenvalue weighted by Gasteiger charge is 2.33. The first-order valence-corrected chi connectivity index (χ1v) is 7.22. The van der Waals surface area contributed by atoms with E-state index in [0.717, 1.165) is 25.4 Å². The fraction of sp³-hybridized carbons (Fsp3) is 1.00. The lowest BCUT2D eigenvalue weighted by Crippen LogP contribution is -2.44. The zero-order chi connectivity index (χ0) is 12.3. The van der Waals surface area contributed by atoms with Crippen molar-refractivity contribution < 1.29 is 9.84 Å². The van der Waals surface area contributed by atoms with Crippen molar-refractivity contribution in [1.82, 2.24) is 0 Å². The topological polar surface area (TPSA) is 55.5 Å². The van der Waals surface area contributed by atoms with Crippen LogP contribution in [0.25, 0.3) is 0 Å². The number of aliphatic hydroxyl groups is 1. The third-order valence-electron chi connectivity index (χ3n) is 4.38. The summed E-state index contributed by atoms with van der Waals surface area (Å²) >= 11 is 0. The molecule has 2 fully saturated rings. The molecule has 0 radical (unpaired) electrons. The predicted molar refractivity (Wildman–Crippen MR) is 68.7 cm³/mol. The SMILES string of the molecule is C[C@@H]1CO[C@H](C(O)[C@@H](N)CC2CCCCC2)C1. The van der Waals surface area contributed by atoms with Gasteiger partial charge in [0.25, 0.3) is 0 Å². The largest absolute Gasteiger partial charge is 0.389 e. The molecule has 1 saturated carbocycles. The Kier molecular flexibility index (Phi) is 4.83. The normalized spacial score (nSPS) is 34.8. The maximum absolute atomic E-state index is 10.2. The van der Waals surface area contributed by atoms with E-state index in [9.17, 15) is 5.11 Å². The van der Waals surface area contributed by atoms with Crippen molar-refractivity contribution in [3.8, 4) is 0 Å². The van der Waals surface area contributed by atoms with E-state index in [1.807, 2.05) is 0 Å². The average Bonchev–Trinajstić information content (AvgIpc) is 2.76. The molecule has 0 amide bonds. The molecule has 4 atom stereocenters. The monoisotopic (exact) mass is 241 g/mol. The van der Waals surface area contributed by atoms with Crippen LogP contribution in [-0.4, -0.2) is 30.0 Å². The third kappa shape index (κ3) is 3.67. The summed E-state index contributed by atoms with van der Waals surface area (Å²) in [6.45, 7) is 2.94. The van der Waals surface area contributed by atoms with Crippen LogP contribution in [0, 0.1) is 11.8 Å². The highest BCUT2D eigenvalue weighted by molar-refractivity contribution is 4.86. The second kappa shape index (κ2) is 6.17. The van der Waals surface area contributed by atoms with Gasteiger partial charge in [0.1, 0.15) is 0 Å². The number of hydrogen-bond donors (Lipinski definition) is 2. The first-order chi connectivity index (χ1) is 8.16. The first-order valence-electron chi connectivity index (χ1n) is 7.22. The number of ether oxygens (including phenoxy) is 1. The molecule has 100 valence electrons. The first kappa shape index (κ1) is 13.3. The molecule has 2 aliphatic rings. The Labute approximate surface area is 105 Å². The van der Waals surface area contributed by atoms with Crippen molar-refractivity contribution in [3.63, 3.8) is 0 Å². The molecule has 3 heteroatoms. The van der Waals surface area contributed by atoms with Crippen molar-refractivity contribution in [2.75, 3.05) is 6.61 Å². The van der Waals surface area contributed by atoms with E-state index in [-0.39, 0.29) is 12.1 Å². The van der Waals surface area contributed by atoms with E-state index in [2.05, 4.69) is 6.92 Å². The molecule has 2 rings (SSSR count). The fourth-order valence-electron chi connectivity index (χ4n) is 3.28. The lowest BCUT2D eigenvalue weighted by atomic mass is 9.83. The Morgan fingerprint density at radius 1 is 1.29 bits per heavy atom. The van der Waals surface area contributed by atoms with E-state index < -0.39 is 6.10 Å². The zero-order valence-electron chi connectivity index (χ0n) is 11.0. The molecular weight excluding hydrogens is 214 g/mol. The summed E-state index contributed by atoms with van der Waals surface area (Å²) in [6, 6.07) is -0.103. The summed E-state index contributed by atoms with van der Waals surface area (Å²) in [6.07, 6.45) is 8.07. The van der Waals surface area contributed by atoms with Crippen molar-refractivity contribution in [2.24, 2.45) is 17.6 Å². The second-order valence-electron chi connectivity index (χ2n) is 6.11. The van der Waals surface area contributed by atoms with E-state index in [0.29, 0.717) is 5.92 Å². The molecule has 1 aliphatic carbocycles. The van der Waals surface area contributed by atoms with Crippen molar-refractivity contribution >= 4 is 0 Å². The Balaban J connectivity index is 1.76. The lowest BCUT2D eigenvalue weighted by Gasteiger charge is -2.29. The number of rotatable bonds is 4. The lowest BCUT2D eigenvalue weighted by molar-refractivity contribution is -0.0187. The molecule has 0 aromatic rings.